The predicted octanol–water partition coefficient (Wildman–Crippen LogP) is 2.13. The van der Waals surface area contributed by atoms with Gasteiger partial charge in [-0.3, -0.25) is 9.69 Å². The summed E-state index contributed by atoms with van der Waals surface area (Å²) in [6.07, 6.45) is 1.30. The zero-order valence-electron chi connectivity index (χ0n) is 13.7. The van der Waals surface area contributed by atoms with Crippen molar-refractivity contribution >= 4 is 10.9 Å². The van der Waals surface area contributed by atoms with Crippen molar-refractivity contribution < 1.29 is 9.84 Å². The van der Waals surface area contributed by atoms with Gasteiger partial charge in [-0.15, -0.1) is 0 Å². The first-order chi connectivity index (χ1) is 12.2. The summed E-state index contributed by atoms with van der Waals surface area (Å²) in [5, 5.41) is 10.6. The second kappa shape index (κ2) is 6.66. The molecular formula is C19H19N3O3. The van der Waals surface area contributed by atoms with Crippen molar-refractivity contribution in [3.8, 4) is 16.9 Å². The van der Waals surface area contributed by atoms with Gasteiger partial charge >= 0.3 is 0 Å². The van der Waals surface area contributed by atoms with Crippen LogP contribution < -0.4 is 5.56 Å². The van der Waals surface area contributed by atoms with Crippen molar-refractivity contribution in [1.29, 1.82) is 0 Å². The van der Waals surface area contributed by atoms with Gasteiger partial charge in [0.05, 0.1) is 24.9 Å². The number of aromatic amines is 1. The molecule has 0 atom stereocenters. The number of nitrogens with zero attached hydrogens (tertiary/aromatic N) is 2. The highest BCUT2D eigenvalue weighted by molar-refractivity contribution is 5.88. The quantitative estimate of drug-likeness (QED) is 0.765. The number of phenols is 1. The molecule has 2 N–H and O–H groups in total. The maximum absolute atomic E-state index is 12.0. The number of aromatic hydroxyl groups is 1. The molecule has 3 aromatic rings. The Morgan fingerprint density at radius 2 is 2.00 bits per heavy atom. The van der Waals surface area contributed by atoms with Crippen LogP contribution in [0.4, 0.5) is 0 Å². The fourth-order valence-electron chi connectivity index (χ4n) is 3.19. The van der Waals surface area contributed by atoms with Crippen molar-refractivity contribution in [3.05, 3.63) is 58.6 Å². The van der Waals surface area contributed by atoms with Crippen LogP contribution in [0.15, 0.2) is 47.5 Å². The number of hydrogen-bond donors (Lipinski definition) is 2. The average Bonchev–Trinajstić information content (AvgIpc) is 2.63. The molecule has 6 heteroatoms. The van der Waals surface area contributed by atoms with Crippen LogP contribution >= 0.6 is 0 Å². The van der Waals surface area contributed by atoms with Crippen molar-refractivity contribution in [2.24, 2.45) is 0 Å². The van der Waals surface area contributed by atoms with Gasteiger partial charge in [0.25, 0.3) is 5.56 Å². The molecule has 1 aromatic heterocycles. The largest absolute Gasteiger partial charge is 0.506 e. The fourth-order valence-corrected chi connectivity index (χ4v) is 3.19. The molecule has 6 nitrogen and oxygen atoms in total. The van der Waals surface area contributed by atoms with Gasteiger partial charge in [-0.25, -0.2) is 4.98 Å². The highest BCUT2D eigenvalue weighted by atomic mass is 16.5. The molecule has 1 aliphatic heterocycles. The van der Waals surface area contributed by atoms with Crippen LogP contribution in [0.1, 0.15) is 5.56 Å². The van der Waals surface area contributed by atoms with Gasteiger partial charge < -0.3 is 14.8 Å². The predicted molar refractivity (Wildman–Crippen MR) is 95.6 cm³/mol. The van der Waals surface area contributed by atoms with Crippen LogP contribution in [0.25, 0.3) is 22.0 Å². The third-order valence-electron chi connectivity index (χ3n) is 4.49. The third-order valence-corrected chi connectivity index (χ3v) is 4.49. The van der Waals surface area contributed by atoms with Gasteiger partial charge in [-0.05, 0) is 34.9 Å². The number of morpholine rings is 1. The van der Waals surface area contributed by atoms with E-state index in [2.05, 4.69) is 27.0 Å². The van der Waals surface area contributed by atoms with Crippen molar-refractivity contribution in [1.82, 2.24) is 14.9 Å². The van der Waals surface area contributed by atoms with Crippen LogP contribution in [-0.2, 0) is 11.3 Å². The summed E-state index contributed by atoms with van der Waals surface area (Å²) in [6, 6.07) is 11.6. The van der Waals surface area contributed by atoms with E-state index in [0.29, 0.717) is 10.9 Å². The van der Waals surface area contributed by atoms with E-state index < -0.39 is 0 Å². The highest BCUT2D eigenvalue weighted by Crippen LogP contribution is 2.29. The van der Waals surface area contributed by atoms with Gasteiger partial charge in [0.1, 0.15) is 11.3 Å². The summed E-state index contributed by atoms with van der Waals surface area (Å²) in [4.78, 5) is 21.0. The number of ether oxygens (including phenoxy) is 1. The van der Waals surface area contributed by atoms with Crippen molar-refractivity contribution in [2.75, 3.05) is 26.3 Å². The Labute approximate surface area is 144 Å². The van der Waals surface area contributed by atoms with E-state index in [-0.39, 0.29) is 11.3 Å². The normalized spacial score (nSPS) is 15.5. The Kier molecular flexibility index (Phi) is 4.21. The first-order valence-corrected chi connectivity index (χ1v) is 8.30. The topological polar surface area (TPSA) is 78.5 Å². The molecule has 0 aliphatic carbocycles. The molecule has 1 fully saturated rings. The molecule has 1 saturated heterocycles. The molecule has 0 unspecified atom stereocenters. The van der Waals surface area contributed by atoms with E-state index >= 15 is 0 Å². The zero-order chi connectivity index (χ0) is 17.2. The molecule has 0 radical (unpaired) electrons. The number of nitrogens with one attached hydrogen (secondary N) is 1. The van der Waals surface area contributed by atoms with Gasteiger partial charge in [0, 0.05) is 19.6 Å². The second-order valence-corrected chi connectivity index (χ2v) is 6.21. The number of rotatable bonds is 3. The molecule has 0 spiro atoms. The lowest BCUT2D eigenvalue weighted by atomic mass is 10.0. The van der Waals surface area contributed by atoms with Crippen LogP contribution in [0.2, 0.25) is 0 Å². The van der Waals surface area contributed by atoms with Gasteiger partial charge in [0.2, 0.25) is 0 Å². The maximum Gasteiger partial charge on any atom is 0.258 e. The molecule has 0 bridgehead atoms. The lowest BCUT2D eigenvalue weighted by molar-refractivity contribution is 0.0342. The minimum absolute atomic E-state index is 0.0113. The summed E-state index contributed by atoms with van der Waals surface area (Å²) < 4.78 is 5.39. The van der Waals surface area contributed by atoms with Crippen molar-refractivity contribution in [2.45, 2.75) is 6.54 Å². The SMILES string of the molecule is O=c1[nH]cnc2c(O)cc(-c3cccc(CN4CCOCC4)c3)cc12. The standard InChI is InChI=1S/C19H19N3O3/c23-17-10-15(9-16-18(17)20-12-21-19(16)24)14-3-1-2-13(8-14)11-22-4-6-25-7-5-22/h1-3,8-10,12,23H,4-7,11H2,(H,20,21,24). The fraction of sp³-hybridized carbons (Fsp3) is 0.263. The lowest BCUT2D eigenvalue weighted by Crippen LogP contribution is -2.35. The highest BCUT2D eigenvalue weighted by Gasteiger charge is 2.12. The van der Waals surface area contributed by atoms with Gasteiger partial charge in [-0.2, -0.15) is 0 Å². The van der Waals surface area contributed by atoms with Crippen molar-refractivity contribution in [3.63, 3.8) is 0 Å². The van der Waals surface area contributed by atoms with E-state index in [1.165, 1.54) is 11.9 Å². The van der Waals surface area contributed by atoms with Gasteiger partial charge in [0.15, 0.2) is 0 Å². The average molecular weight is 337 g/mol. The molecule has 1 aliphatic rings. The third kappa shape index (κ3) is 3.26. The number of benzene rings is 2. The number of hydrogen-bond acceptors (Lipinski definition) is 5. The number of aromatic nitrogens is 2. The van der Waals surface area contributed by atoms with E-state index in [1.54, 1.807) is 12.1 Å². The van der Waals surface area contributed by atoms with Crippen LogP contribution in [0, 0.1) is 0 Å². The molecule has 0 amide bonds. The van der Waals surface area contributed by atoms with Crippen LogP contribution in [-0.4, -0.2) is 46.3 Å². The Hall–Kier alpha value is -2.70. The number of fused-ring (bicyclic) bond motifs is 1. The molecule has 0 saturated carbocycles. The Morgan fingerprint density at radius 3 is 2.84 bits per heavy atom. The summed E-state index contributed by atoms with van der Waals surface area (Å²) in [5.41, 5.74) is 3.02. The molecule has 2 aromatic carbocycles. The van der Waals surface area contributed by atoms with E-state index in [9.17, 15) is 9.90 Å². The summed E-state index contributed by atoms with van der Waals surface area (Å²) >= 11 is 0. The first kappa shape index (κ1) is 15.8. The molecule has 128 valence electrons. The minimum Gasteiger partial charge on any atom is -0.506 e. The molecule has 4 rings (SSSR count). The summed E-state index contributed by atoms with van der Waals surface area (Å²) in [6.45, 7) is 4.27. The first-order valence-electron chi connectivity index (χ1n) is 8.30. The molecular weight excluding hydrogens is 318 g/mol. The monoisotopic (exact) mass is 337 g/mol. The maximum atomic E-state index is 12.0. The smallest absolute Gasteiger partial charge is 0.258 e. The molecule has 25 heavy (non-hydrogen) atoms. The Balaban J connectivity index is 1.70. The Bertz CT molecular complexity index is 962. The number of H-pyrrole nitrogens is 1. The minimum atomic E-state index is -0.258. The Morgan fingerprint density at radius 1 is 1.16 bits per heavy atom. The second-order valence-electron chi connectivity index (χ2n) is 6.21. The molecule has 2 heterocycles. The number of phenolic OH excluding ortho intramolecular Hbond substituents is 1. The van der Waals surface area contributed by atoms with Gasteiger partial charge in [-0.1, -0.05) is 18.2 Å². The summed E-state index contributed by atoms with van der Waals surface area (Å²) in [7, 11) is 0. The van der Waals surface area contributed by atoms with E-state index in [0.717, 1.165) is 44.0 Å². The van der Waals surface area contributed by atoms with Crippen LogP contribution in [0.5, 0.6) is 5.75 Å². The van der Waals surface area contributed by atoms with E-state index in [1.807, 2.05) is 12.1 Å². The zero-order valence-corrected chi connectivity index (χ0v) is 13.7. The summed E-state index contributed by atoms with van der Waals surface area (Å²) in [5.74, 6) is 0.0113. The van der Waals surface area contributed by atoms with E-state index in [4.69, 9.17) is 4.74 Å². The lowest BCUT2D eigenvalue weighted by Gasteiger charge is -2.26. The van der Waals surface area contributed by atoms with Crippen LogP contribution in [0.3, 0.4) is 0 Å².